The number of benzene rings is 2. The molecule has 3 rings (SSSR count). The highest BCUT2D eigenvalue weighted by molar-refractivity contribution is 5.99. The quantitative estimate of drug-likeness (QED) is 0.688. The van der Waals surface area contributed by atoms with Crippen molar-refractivity contribution in [3.63, 3.8) is 0 Å². The van der Waals surface area contributed by atoms with Gasteiger partial charge in [0.25, 0.3) is 11.8 Å². The van der Waals surface area contributed by atoms with Crippen LogP contribution in [0.15, 0.2) is 42.5 Å². The van der Waals surface area contributed by atoms with E-state index in [-0.39, 0.29) is 5.91 Å². The summed E-state index contributed by atoms with van der Waals surface area (Å²) in [6.07, 6.45) is 1.27. The van der Waals surface area contributed by atoms with Crippen LogP contribution >= 0.6 is 0 Å². The van der Waals surface area contributed by atoms with Crippen LogP contribution in [-0.4, -0.2) is 41.5 Å². The molecule has 1 atom stereocenters. The molecule has 1 aliphatic heterocycles. The minimum Gasteiger partial charge on any atom is -0.444 e. The fourth-order valence-corrected chi connectivity index (χ4v) is 3.80. The van der Waals surface area contributed by atoms with E-state index in [1.54, 1.807) is 63.2 Å². The van der Waals surface area contributed by atoms with Gasteiger partial charge in [0.15, 0.2) is 0 Å². The van der Waals surface area contributed by atoms with Crippen LogP contribution in [-0.2, 0) is 9.53 Å². The van der Waals surface area contributed by atoms with Gasteiger partial charge in [0.1, 0.15) is 11.6 Å². The third-order valence-electron chi connectivity index (χ3n) is 5.39. The van der Waals surface area contributed by atoms with Crippen molar-refractivity contribution in [2.24, 2.45) is 0 Å². The van der Waals surface area contributed by atoms with Crippen LogP contribution in [0.25, 0.3) is 0 Å². The molecule has 2 aromatic carbocycles. The van der Waals surface area contributed by atoms with Crippen molar-refractivity contribution in [1.29, 1.82) is 5.26 Å². The maximum atomic E-state index is 13.2. The fraction of sp³-hybridized carbons (Fsp3) is 0.385. The molecular formula is C26H30N4O4. The Morgan fingerprint density at radius 3 is 2.41 bits per heavy atom. The van der Waals surface area contributed by atoms with Crippen molar-refractivity contribution < 1.29 is 19.1 Å². The molecule has 0 aromatic heterocycles. The van der Waals surface area contributed by atoms with E-state index in [1.165, 1.54) is 0 Å². The molecular weight excluding hydrogens is 432 g/mol. The molecule has 0 bridgehead atoms. The predicted molar refractivity (Wildman–Crippen MR) is 128 cm³/mol. The number of likely N-dealkylation sites (tertiary alicyclic amines) is 1. The molecule has 8 nitrogen and oxygen atoms in total. The molecule has 0 saturated carbocycles. The lowest BCUT2D eigenvalue weighted by Crippen LogP contribution is -2.40. The van der Waals surface area contributed by atoms with Gasteiger partial charge in [-0.3, -0.25) is 9.59 Å². The Kier molecular flexibility index (Phi) is 7.57. The number of rotatable bonds is 5. The Balaban J connectivity index is 1.81. The molecule has 178 valence electrons. The lowest BCUT2D eigenvalue weighted by Gasteiger charge is -2.24. The highest BCUT2D eigenvalue weighted by atomic mass is 16.6. The van der Waals surface area contributed by atoms with E-state index in [4.69, 9.17) is 4.74 Å². The number of nitrogens with one attached hydrogen (secondary N) is 2. The Bertz CT molecular complexity index is 1120. The number of hydrogen-bond acceptors (Lipinski definition) is 5. The van der Waals surface area contributed by atoms with Crippen LogP contribution in [0.4, 0.5) is 10.5 Å². The van der Waals surface area contributed by atoms with Gasteiger partial charge in [-0.2, -0.15) is 5.26 Å². The first-order valence-corrected chi connectivity index (χ1v) is 11.3. The Hall–Kier alpha value is -3.86. The number of carbonyl (C=O) groups excluding carboxylic acids is 3. The Morgan fingerprint density at radius 1 is 1.09 bits per heavy atom. The van der Waals surface area contributed by atoms with E-state index in [0.29, 0.717) is 22.4 Å². The zero-order valence-electron chi connectivity index (χ0n) is 20.0. The van der Waals surface area contributed by atoms with Crippen LogP contribution < -0.4 is 10.6 Å². The van der Waals surface area contributed by atoms with Crippen molar-refractivity contribution in [2.75, 3.05) is 18.4 Å². The summed E-state index contributed by atoms with van der Waals surface area (Å²) in [6, 6.07) is 12.5. The van der Waals surface area contributed by atoms with Gasteiger partial charge in [-0.1, -0.05) is 12.1 Å². The molecule has 34 heavy (non-hydrogen) atoms. The summed E-state index contributed by atoms with van der Waals surface area (Å²) in [5.74, 6) is -0.510. The maximum absolute atomic E-state index is 13.2. The summed E-state index contributed by atoms with van der Waals surface area (Å²) >= 11 is 0. The second-order valence-electron chi connectivity index (χ2n) is 9.33. The van der Waals surface area contributed by atoms with Gasteiger partial charge in [-0.25, -0.2) is 4.79 Å². The summed E-state index contributed by atoms with van der Waals surface area (Å²) in [4.78, 5) is 40.2. The molecule has 2 N–H and O–H groups in total. The second-order valence-corrected chi connectivity index (χ2v) is 9.33. The van der Waals surface area contributed by atoms with Crippen LogP contribution in [0.5, 0.6) is 0 Å². The lowest BCUT2D eigenvalue weighted by atomic mass is 10.0. The van der Waals surface area contributed by atoms with Gasteiger partial charge in [0.2, 0.25) is 0 Å². The summed E-state index contributed by atoms with van der Waals surface area (Å²) in [7, 11) is 0. The number of hydrogen-bond donors (Lipinski definition) is 2. The van der Waals surface area contributed by atoms with Crippen molar-refractivity contribution in [3.05, 3.63) is 64.7 Å². The minimum atomic E-state index is -1.09. The molecule has 0 radical (unpaired) electrons. The number of aryl methyl sites for hydroxylation is 1. The Morgan fingerprint density at radius 2 is 1.79 bits per heavy atom. The summed E-state index contributed by atoms with van der Waals surface area (Å²) in [5, 5.41) is 14.6. The first-order valence-electron chi connectivity index (χ1n) is 11.3. The van der Waals surface area contributed by atoms with E-state index in [9.17, 15) is 19.6 Å². The second kappa shape index (κ2) is 10.4. The van der Waals surface area contributed by atoms with Crippen LogP contribution in [0.2, 0.25) is 0 Å². The minimum absolute atomic E-state index is 0.00864. The van der Waals surface area contributed by atoms with Gasteiger partial charge in [-0.15, -0.1) is 0 Å². The predicted octanol–water partition coefficient (Wildman–Crippen LogP) is 4.31. The molecule has 0 spiro atoms. The number of nitriles is 1. The lowest BCUT2D eigenvalue weighted by molar-refractivity contribution is -0.118. The normalized spacial score (nSPS) is 14.1. The van der Waals surface area contributed by atoms with E-state index < -0.39 is 23.6 Å². The number of anilines is 1. The SMILES string of the molecule is Cc1cc(NC(=O)C(NC(=O)OC(C)(C)C)c2cccc(C#N)c2)ccc1C(=O)N1CCCC1. The smallest absolute Gasteiger partial charge is 0.408 e. The number of ether oxygens (including phenoxy) is 1. The molecule has 1 unspecified atom stereocenters. The molecule has 3 amide bonds. The number of alkyl carbamates (subject to hydrolysis) is 1. The van der Waals surface area contributed by atoms with Crippen molar-refractivity contribution in [1.82, 2.24) is 10.2 Å². The first kappa shape index (κ1) is 24.8. The van der Waals surface area contributed by atoms with Gasteiger partial charge in [0.05, 0.1) is 11.6 Å². The Labute approximate surface area is 199 Å². The number of nitrogens with zero attached hydrogens (tertiary/aromatic N) is 2. The zero-order valence-corrected chi connectivity index (χ0v) is 20.0. The highest BCUT2D eigenvalue weighted by Gasteiger charge is 2.27. The molecule has 1 fully saturated rings. The average Bonchev–Trinajstić information content (AvgIpc) is 3.31. The molecule has 8 heteroatoms. The third-order valence-corrected chi connectivity index (χ3v) is 5.39. The zero-order chi connectivity index (χ0) is 24.9. The average molecular weight is 463 g/mol. The van der Waals surface area contributed by atoms with Crippen LogP contribution in [0.1, 0.15) is 66.7 Å². The largest absolute Gasteiger partial charge is 0.444 e. The van der Waals surface area contributed by atoms with Gasteiger partial charge < -0.3 is 20.3 Å². The standard InChI is InChI=1S/C26H30N4O4/c1-17-14-20(10-11-21(17)24(32)30-12-5-6-13-30)28-23(31)22(29-25(33)34-26(2,3)4)19-9-7-8-18(15-19)16-27/h7-11,14-15,22H,5-6,12-13H2,1-4H3,(H,28,31)(H,29,33). The van der Waals surface area contributed by atoms with Crippen molar-refractivity contribution in [2.45, 2.75) is 52.2 Å². The van der Waals surface area contributed by atoms with E-state index in [2.05, 4.69) is 10.6 Å². The van der Waals surface area contributed by atoms with Gasteiger partial charge >= 0.3 is 6.09 Å². The monoisotopic (exact) mass is 462 g/mol. The van der Waals surface area contributed by atoms with Crippen molar-refractivity contribution in [3.8, 4) is 6.07 Å². The topological polar surface area (TPSA) is 112 Å². The molecule has 1 heterocycles. The van der Waals surface area contributed by atoms with Gasteiger partial charge in [-0.05, 0) is 82.0 Å². The first-order chi connectivity index (χ1) is 16.1. The van der Waals surface area contributed by atoms with Crippen LogP contribution in [0.3, 0.4) is 0 Å². The van der Waals surface area contributed by atoms with E-state index >= 15 is 0 Å². The molecule has 1 aliphatic rings. The third kappa shape index (κ3) is 6.35. The number of amides is 3. The summed E-state index contributed by atoms with van der Waals surface area (Å²) in [5.41, 5.74) is 1.91. The highest BCUT2D eigenvalue weighted by Crippen LogP contribution is 2.22. The molecule has 0 aliphatic carbocycles. The fourth-order valence-electron chi connectivity index (χ4n) is 3.80. The summed E-state index contributed by atoms with van der Waals surface area (Å²) in [6.45, 7) is 8.53. The maximum Gasteiger partial charge on any atom is 0.408 e. The number of carbonyl (C=O) groups is 3. The van der Waals surface area contributed by atoms with E-state index in [0.717, 1.165) is 31.5 Å². The van der Waals surface area contributed by atoms with Gasteiger partial charge in [0, 0.05) is 24.3 Å². The molecule has 1 saturated heterocycles. The molecule has 2 aromatic rings. The van der Waals surface area contributed by atoms with Crippen molar-refractivity contribution >= 4 is 23.6 Å². The van der Waals surface area contributed by atoms with Crippen LogP contribution in [0, 0.1) is 18.3 Å². The van der Waals surface area contributed by atoms with E-state index in [1.807, 2.05) is 17.9 Å². The summed E-state index contributed by atoms with van der Waals surface area (Å²) < 4.78 is 5.32.